The number of hydrogen-bond acceptors (Lipinski definition) is 6. The van der Waals surface area contributed by atoms with E-state index in [0.29, 0.717) is 11.1 Å². The molecule has 0 saturated heterocycles. The van der Waals surface area contributed by atoms with E-state index in [1.54, 1.807) is 24.3 Å². The molecule has 37 heavy (non-hydrogen) atoms. The van der Waals surface area contributed by atoms with Crippen LogP contribution in [0.5, 0.6) is 11.5 Å². The molecule has 7 heteroatoms. The molecule has 2 N–H and O–H groups in total. The molecule has 0 aliphatic carbocycles. The van der Waals surface area contributed by atoms with Crippen molar-refractivity contribution < 1.29 is 27.0 Å². The fourth-order valence-corrected chi connectivity index (χ4v) is 4.79. The lowest BCUT2D eigenvalue weighted by Crippen LogP contribution is -2.19. The standard InChI is InChI=1S/C30H46O6S/c1-27(2,3)21-13-19(14-22(25(21)31)28(4,5)6)17-35-37(33,34)36-18-20-15-23(29(7,8)9)26(32)24(16-20)30(10,11)12/h13-16,31-32H,17-18H2,1-12H3. The zero-order chi connectivity index (χ0) is 28.8. The van der Waals surface area contributed by atoms with Crippen LogP contribution >= 0.6 is 0 Å². The van der Waals surface area contributed by atoms with Crippen molar-refractivity contribution in [3.05, 3.63) is 57.6 Å². The van der Waals surface area contributed by atoms with Crippen LogP contribution in [0, 0.1) is 0 Å². The van der Waals surface area contributed by atoms with Crippen LogP contribution in [-0.4, -0.2) is 18.6 Å². The predicted octanol–water partition coefficient (Wildman–Crippen LogP) is 7.27. The molecular formula is C30H46O6S. The largest absolute Gasteiger partial charge is 0.507 e. The molecule has 0 aliphatic heterocycles. The zero-order valence-corrected chi connectivity index (χ0v) is 25.5. The van der Waals surface area contributed by atoms with Crippen molar-refractivity contribution >= 4 is 10.4 Å². The summed E-state index contributed by atoms with van der Waals surface area (Å²) in [7, 11) is -4.32. The van der Waals surface area contributed by atoms with E-state index >= 15 is 0 Å². The quantitative estimate of drug-likeness (QED) is 0.405. The average molecular weight is 535 g/mol. The highest BCUT2D eigenvalue weighted by atomic mass is 32.3. The van der Waals surface area contributed by atoms with Crippen LogP contribution < -0.4 is 0 Å². The highest BCUT2D eigenvalue weighted by Gasteiger charge is 2.28. The molecule has 0 atom stereocenters. The highest BCUT2D eigenvalue weighted by molar-refractivity contribution is 7.81. The Morgan fingerprint density at radius 3 is 0.946 bits per heavy atom. The van der Waals surface area contributed by atoms with Gasteiger partial charge in [0, 0.05) is 0 Å². The van der Waals surface area contributed by atoms with Crippen molar-refractivity contribution in [2.45, 2.75) is 118 Å². The van der Waals surface area contributed by atoms with Gasteiger partial charge in [-0.15, -0.1) is 0 Å². The van der Waals surface area contributed by atoms with Crippen molar-refractivity contribution in [2.75, 3.05) is 0 Å². The second-order valence-corrected chi connectivity index (χ2v) is 15.3. The van der Waals surface area contributed by atoms with Gasteiger partial charge in [-0.2, -0.15) is 8.42 Å². The normalized spacial score (nSPS) is 13.7. The van der Waals surface area contributed by atoms with Crippen LogP contribution in [-0.2, 0) is 53.6 Å². The summed E-state index contributed by atoms with van der Waals surface area (Å²) in [5, 5.41) is 21.8. The SMILES string of the molecule is CC(C)(C)c1cc(COS(=O)(=O)OCc2cc(C(C)(C)C)c(O)c(C(C)(C)C)c2)cc(C(C)(C)C)c1O. The van der Waals surface area contributed by atoms with Crippen LogP contribution in [0.15, 0.2) is 24.3 Å². The number of aromatic hydroxyl groups is 2. The summed E-state index contributed by atoms with van der Waals surface area (Å²) in [6, 6.07) is 7.13. The summed E-state index contributed by atoms with van der Waals surface area (Å²) >= 11 is 0. The van der Waals surface area contributed by atoms with Gasteiger partial charge in [-0.3, -0.25) is 0 Å². The number of phenolic OH excluding ortho intramolecular Hbond substituents is 2. The molecule has 0 bridgehead atoms. The molecule has 0 saturated carbocycles. The molecule has 0 heterocycles. The Morgan fingerprint density at radius 2 is 0.757 bits per heavy atom. The van der Waals surface area contributed by atoms with Crippen molar-refractivity contribution in [3.63, 3.8) is 0 Å². The molecule has 0 aliphatic rings. The summed E-state index contributed by atoms with van der Waals surface area (Å²) in [6.45, 7) is 23.5. The smallest absolute Gasteiger partial charge is 0.400 e. The van der Waals surface area contributed by atoms with E-state index in [1.807, 2.05) is 83.1 Å². The highest BCUT2D eigenvalue weighted by Crippen LogP contribution is 2.41. The van der Waals surface area contributed by atoms with Crippen LogP contribution in [0.3, 0.4) is 0 Å². The lowest BCUT2D eigenvalue weighted by Gasteiger charge is -2.28. The van der Waals surface area contributed by atoms with Crippen LogP contribution in [0.4, 0.5) is 0 Å². The maximum atomic E-state index is 12.7. The third-order valence-corrected chi connectivity index (χ3v) is 7.12. The van der Waals surface area contributed by atoms with E-state index < -0.39 is 10.4 Å². The molecule has 0 unspecified atom stereocenters. The fraction of sp³-hybridized carbons (Fsp3) is 0.600. The maximum Gasteiger partial charge on any atom is 0.400 e. The minimum absolute atomic E-state index is 0.217. The molecule has 2 aromatic rings. The van der Waals surface area contributed by atoms with Gasteiger partial charge >= 0.3 is 10.4 Å². The summed E-state index contributed by atoms with van der Waals surface area (Å²) in [5.41, 5.74) is 2.80. The Balaban J connectivity index is 2.32. The van der Waals surface area contributed by atoms with Crippen LogP contribution in [0.25, 0.3) is 0 Å². The lowest BCUT2D eigenvalue weighted by atomic mass is 9.78. The van der Waals surface area contributed by atoms with Gasteiger partial charge in [0.1, 0.15) is 11.5 Å². The lowest BCUT2D eigenvalue weighted by molar-refractivity contribution is 0.201. The number of rotatable bonds is 6. The van der Waals surface area contributed by atoms with E-state index in [2.05, 4.69) is 0 Å². The van der Waals surface area contributed by atoms with E-state index in [1.165, 1.54) is 0 Å². The van der Waals surface area contributed by atoms with Gasteiger partial charge in [0.2, 0.25) is 0 Å². The molecule has 6 nitrogen and oxygen atoms in total. The van der Waals surface area contributed by atoms with Crippen molar-refractivity contribution in [1.29, 1.82) is 0 Å². The average Bonchev–Trinajstić information content (AvgIpc) is 2.68. The number of hydrogen-bond donors (Lipinski definition) is 2. The van der Waals surface area contributed by atoms with E-state index in [9.17, 15) is 18.6 Å². The Bertz CT molecular complexity index is 1070. The van der Waals surface area contributed by atoms with Crippen LogP contribution in [0.2, 0.25) is 0 Å². The third kappa shape index (κ3) is 7.95. The summed E-state index contributed by atoms with van der Waals surface area (Å²) in [6.07, 6.45) is 0. The van der Waals surface area contributed by atoms with Gasteiger partial charge < -0.3 is 10.2 Å². The Labute approximate surface area is 224 Å². The van der Waals surface area contributed by atoms with Gasteiger partial charge in [-0.05, 0) is 79.3 Å². The fourth-order valence-electron chi connectivity index (χ4n) is 4.16. The van der Waals surface area contributed by atoms with E-state index in [0.717, 1.165) is 22.3 Å². The Morgan fingerprint density at radius 1 is 0.541 bits per heavy atom. The van der Waals surface area contributed by atoms with Gasteiger partial charge in [0.25, 0.3) is 0 Å². The van der Waals surface area contributed by atoms with Gasteiger partial charge in [-0.1, -0.05) is 83.1 Å². The van der Waals surface area contributed by atoms with Crippen LogP contribution in [0.1, 0.15) is 116 Å². The minimum atomic E-state index is -4.32. The maximum absolute atomic E-state index is 12.7. The van der Waals surface area contributed by atoms with Crippen molar-refractivity contribution in [2.24, 2.45) is 0 Å². The molecular weight excluding hydrogens is 488 g/mol. The predicted molar refractivity (Wildman–Crippen MR) is 150 cm³/mol. The summed E-state index contributed by atoms with van der Waals surface area (Å²) in [5.74, 6) is 0.444. The minimum Gasteiger partial charge on any atom is -0.507 e. The second kappa shape index (κ2) is 10.2. The zero-order valence-electron chi connectivity index (χ0n) is 24.7. The van der Waals surface area contributed by atoms with Gasteiger partial charge in [0.05, 0.1) is 13.2 Å². The molecule has 2 rings (SSSR count). The summed E-state index contributed by atoms with van der Waals surface area (Å²) in [4.78, 5) is 0. The van der Waals surface area contributed by atoms with Gasteiger partial charge in [0.15, 0.2) is 0 Å². The van der Waals surface area contributed by atoms with Crippen molar-refractivity contribution in [1.82, 2.24) is 0 Å². The molecule has 0 amide bonds. The molecule has 2 aromatic carbocycles. The second-order valence-electron chi connectivity index (χ2n) is 14.0. The monoisotopic (exact) mass is 534 g/mol. The first-order valence-electron chi connectivity index (χ1n) is 12.7. The number of phenols is 2. The molecule has 0 aromatic heterocycles. The molecule has 0 radical (unpaired) electrons. The Kier molecular flexibility index (Phi) is 8.61. The molecule has 0 fully saturated rings. The van der Waals surface area contributed by atoms with E-state index in [-0.39, 0.29) is 46.4 Å². The van der Waals surface area contributed by atoms with Crippen molar-refractivity contribution in [3.8, 4) is 11.5 Å². The van der Waals surface area contributed by atoms with Gasteiger partial charge in [-0.25, -0.2) is 8.37 Å². The molecule has 208 valence electrons. The van der Waals surface area contributed by atoms with E-state index in [4.69, 9.17) is 8.37 Å². The summed E-state index contributed by atoms with van der Waals surface area (Å²) < 4.78 is 35.9. The topological polar surface area (TPSA) is 93.1 Å². The Hall–Kier alpha value is -2.09. The number of benzene rings is 2. The first kappa shape index (κ1) is 31.1. The first-order valence-corrected chi connectivity index (χ1v) is 14.0. The third-order valence-electron chi connectivity index (χ3n) is 6.31. The first-order chi connectivity index (χ1) is 16.4. The molecule has 0 spiro atoms.